The van der Waals surface area contributed by atoms with Gasteiger partial charge in [-0.3, -0.25) is 4.79 Å². The number of methoxy groups -OCH3 is 1. The standard InChI is InChI=1S/C10H11NO4/c1-15-7-3-2-5(9(13)10(7)14)6-4-8(12)11-6/h2-3,6,13-14H,4H2,1H3,(H,11,12). The zero-order valence-electron chi connectivity index (χ0n) is 8.15. The van der Waals surface area contributed by atoms with E-state index in [0.717, 1.165) is 0 Å². The second-order valence-corrected chi connectivity index (χ2v) is 3.38. The number of carbonyl (C=O) groups excluding carboxylic acids is 1. The summed E-state index contributed by atoms with van der Waals surface area (Å²) < 4.78 is 4.84. The zero-order chi connectivity index (χ0) is 11.0. The molecule has 0 saturated carbocycles. The third-order valence-electron chi connectivity index (χ3n) is 2.47. The maximum Gasteiger partial charge on any atom is 0.222 e. The summed E-state index contributed by atoms with van der Waals surface area (Å²) in [4.78, 5) is 10.7. The van der Waals surface area contributed by atoms with Crippen molar-refractivity contribution in [3.05, 3.63) is 17.7 Å². The molecule has 2 rings (SSSR count). The molecule has 1 unspecified atom stereocenters. The quantitative estimate of drug-likeness (QED) is 0.494. The van der Waals surface area contributed by atoms with Gasteiger partial charge in [0, 0.05) is 5.56 Å². The Labute approximate surface area is 86.3 Å². The van der Waals surface area contributed by atoms with Gasteiger partial charge in [0.15, 0.2) is 11.5 Å². The molecule has 0 aliphatic carbocycles. The number of ether oxygens (including phenoxy) is 1. The van der Waals surface area contributed by atoms with Crippen LogP contribution >= 0.6 is 0 Å². The van der Waals surface area contributed by atoms with Crippen LogP contribution in [0.5, 0.6) is 17.2 Å². The Morgan fingerprint density at radius 3 is 2.60 bits per heavy atom. The van der Waals surface area contributed by atoms with Crippen LogP contribution < -0.4 is 10.1 Å². The monoisotopic (exact) mass is 209 g/mol. The first kappa shape index (κ1) is 9.64. The highest BCUT2D eigenvalue weighted by Crippen LogP contribution is 2.42. The Kier molecular flexibility index (Phi) is 2.15. The first-order chi connectivity index (χ1) is 7.13. The molecular weight excluding hydrogens is 198 g/mol. The lowest BCUT2D eigenvalue weighted by molar-refractivity contribution is -0.128. The van der Waals surface area contributed by atoms with Gasteiger partial charge in [0.25, 0.3) is 0 Å². The molecule has 15 heavy (non-hydrogen) atoms. The van der Waals surface area contributed by atoms with Gasteiger partial charge < -0.3 is 20.3 Å². The summed E-state index contributed by atoms with van der Waals surface area (Å²) in [6.45, 7) is 0. The van der Waals surface area contributed by atoms with Crippen molar-refractivity contribution in [1.82, 2.24) is 5.32 Å². The van der Waals surface area contributed by atoms with Crippen LogP contribution in [0.1, 0.15) is 18.0 Å². The molecule has 0 aromatic heterocycles. The average molecular weight is 209 g/mol. The second-order valence-electron chi connectivity index (χ2n) is 3.38. The highest BCUT2D eigenvalue weighted by atomic mass is 16.5. The lowest BCUT2D eigenvalue weighted by atomic mass is 9.96. The molecule has 0 bridgehead atoms. The third kappa shape index (κ3) is 1.45. The fraction of sp³-hybridized carbons (Fsp3) is 0.300. The van der Waals surface area contributed by atoms with E-state index in [4.69, 9.17) is 4.74 Å². The molecule has 1 saturated heterocycles. The summed E-state index contributed by atoms with van der Waals surface area (Å²) in [7, 11) is 1.40. The number of carbonyl (C=O) groups is 1. The van der Waals surface area contributed by atoms with Crippen molar-refractivity contribution in [3.63, 3.8) is 0 Å². The molecule has 3 N–H and O–H groups in total. The summed E-state index contributed by atoms with van der Waals surface area (Å²) in [6.07, 6.45) is 0.333. The van der Waals surface area contributed by atoms with E-state index in [1.807, 2.05) is 0 Å². The van der Waals surface area contributed by atoms with Gasteiger partial charge in [-0.2, -0.15) is 0 Å². The number of amides is 1. The van der Waals surface area contributed by atoms with Crippen LogP contribution in [0.25, 0.3) is 0 Å². The van der Waals surface area contributed by atoms with E-state index in [1.165, 1.54) is 7.11 Å². The third-order valence-corrected chi connectivity index (χ3v) is 2.47. The number of phenols is 2. The normalized spacial score (nSPS) is 19.3. The van der Waals surface area contributed by atoms with Gasteiger partial charge >= 0.3 is 0 Å². The molecule has 5 nitrogen and oxygen atoms in total. The average Bonchev–Trinajstić information content (AvgIpc) is 2.18. The van der Waals surface area contributed by atoms with E-state index in [9.17, 15) is 15.0 Å². The number of benzene rings is 1. The Bertz CT molecular complexity index is 408. The zero-order valence-corrected chi connectivity index (χ0v) is 8.15. The summed E-state index contributed by atoms with van der Waals surface area (Å²) in [6, 6.07) is 2.96. The summed E-state index contributed by atoms with van der Waals surface area (Å²) in [5.41, 5.74) is 0.507. The van der Waals surface area contributed by atoms with Gasteiger partial charge in [-0.15, -0.1) is 0 Å². The van der Waals surface area contributed by atoms with Crippen molar-refractivity contribution in [2.24, 2.45) is 0 Å². The number of nitrogens with one attached hydrogen (secondary N) is 1. The molecule has 1 atom stereocenters. The maximum absolute atomic E-state index is 10.7. The minimum atomic E-state index is -0.295. The highest BCUT2D eigenvalue weighted by molar-refractivity contribution is 5.84. The van der Waals surface area contributed by atoms with Crippen LogP contribution in [0.4, 0.5) is 0 Å². The largest absolute Gasteiger partial charge is 0.504 e. The summed E-state index contributed by atoms with van der Waals surface area (Å²) in [5, 5.41) is 21.8. The van der Waals surface area contributed by atoms with Crippen LogP contribution in [0, 0.1) is 0 Å². The molecule has 1 aliphatic rings. The van der Waals surface area contributed by atoms with Crippen molar-refractivity contribution in [1.29, 1.82) is 0 Å². The van der Waals surface area contributed by atoms with Gasteiger partial charge in [-0.25, -0.2) is 0 Å². The van der Waals surface area contributed by atoms with E-state index in [2.05, 4.69) is 5.32 Å². The minimum absolute atomic E-state index is 0.0605. The molecule has 1 heterocycles. The Hall–Kier alpha value is -1.91. The van der Waals surface area contributed by atoms with E-state index >= 15 is 0 Å². The molecular formula is C10H11NO4. The van der Waals surface area contributed by atoms with E-state index in [1.54, 1.807) is 12.1 Å². The Morgan fingerprint density at radius 2 is 2.07 bits per heavy atom. The topological polar surface area (TPSA) is 78.8 Å². The van der Waals surface area contributed by atoms with Crippen molar-refractivity contribution in [3.8, 4) is 17.2 Å². The first-order valence-corrected chi connectivity index (χ1v) is 4.51. The fourth-order valence-electron chi connectivity index (χ4n) is 1.57. The van der Waals surface area contributed by atoms with E-state index in [0.29, 0.717) is 12.0 Å². The molecule has 1 aliphatic heterocycles. The van der Waals surface area contributed by atoms with Crippen LogP contribution in [-0.4, -0.2) is 23.2 Å². The molecule has 0 spiro atoms. The van der Waals surface area contributed by atoms with Crippen LogP contribution in [0.2, 0.25) is 0 Å². The first-order valence-electron chi connectivity index (χ1n) is 4.51. The number of aromatic hydroxyl groups is 2. The van der Waals surface area contributed by atoms with Crippen LogP contribution in [0.3, 0.4) is 0 Å². The highest BCUT2D eigenvalue weighted by Gasteiger charge is 2.30. The Balaban J connectivity index is 2.33. The predicted octanol–water partition coefficient (Wildman–Crippen LogP) is 0.667. The summed E-state index contributed by atoms with van der Waals surface area (Å²) in [5.74, 6) is -0.382. The van der Waals surface area contributed by atoms with Gasteiger partial charge in [0.1, 0.15) is 0 Å². The Morgan fingerprint density at radius 1 is 1.40 bits per heavy atom. The number of β-lactam (4-membered cyclic amide) rings is 1. The lowest BCUT2D eigenvalue weighted by Gasteiger charge is -2.28. The summed E-state index contributed by atoms with van der Waals surface area (Å²) >= 11 is 0. The smallest absolute Gasteiger partial charge is 0.222 e. The van der Waals surface area contributed by atoms with Gasteiger partial charge in [0.05, 0.1) is 19.6 Å². The number of rotatable bonds is 2. The van der Waals surface area contributed by atoms with Gasteiger partial charge in [0.2, 0.25) is 11.7 Å². The molecule has 1 aromatic rings. The molecule has 1 amide bonds. The number of phenolic OH excluding ortho intramolecular Hbond substituents is 2. The maximum atomic E-state index is 10.7. The van der Waals surface area contributed by atoms with Crippen molar-refractivity contribution >= 4 is 5.91 Å². The number of hydrogen-bond donors (Lipinski definition) is 3. The van der Waals surface area contributed by atoms with E-state index in [-0.39, 0.29) is 29.2 Å². The van der Waals surface area contributed by atoms with E-state index < -0.39 is 0 Å². The lowest BCUT2D eigenvalue weighted by Crippen LogP contribution is -2.41. The fourth-order valence-corrected chi connectivity index (χ4v) is 1.57. The molecule has 1 fully saturated rings. The predicted molar refractivity (Wildman–Crippen MR) is 51.8 cm³/mol. The SMILES string of the molecule is COc1ccc(C2CC(=O)N2)c(O)c1O. The van der Waals surface area contributed by atoms with Gasteiger partial charge in [-0.1, -0.05) is 0 Å². The van der Waals surface area contributed by atoms with Crippen molar-refractivity contribution in [2.75, 3.05) is 7.11 Å². The van der Waals surface area contributed by atoms with Crippen LogP contribution in [0.15, 0.2) is 12.1 Å². The molecule has 80 valence electrons. The molecule has 1 aromatic carbocycles. The van der Waals surface area contributed by atoms with Crippen LogP contribution in [-0.2, 0) is 4.79 Å². The van der Waals surface area contributed by atoms with Crippen molar-refractivity contribution in [2.45, 2.75) is 12.5 Å². The number of hydrogen-bond acceptors (Lipinski definition) is 4. The second kappa shape index (κ2) is 3.34. The minimum Gasteiger partial charge on any atom is -0.504 e. The molecule has 0 radical (unpaired) electrons. The van der Waals surface area contributed by atoms with Gasteiger partial charge in [-0.05, 0) is 12.1 Å². The molecule has 5 heteroatoms. The van der Waals surface area contributed by atoms with Crippen molar-refractivity contribution < 1.29 is 19.7 Å².